The van der Waals surface area contributed by atoms with Crippen molar-refractivity contribution in [2.24, 2.45) is 0 Å². The van der Waals surface area contributed by atoms with Crippen LogP contribution in [0.4, 0.5) is 11.4 Å². The van der Waals surface area contributed by atoms with Gasteiger partial charge in [0.1, 0.15) is 12.4 Å². The summed E-state index contributed by atoms with van der Waals surface area (Å²) in [4.78, 5) is 40.2. The first kappa shape index (κ1) is 28.8. The third-order valence-electron chi connectivity index (χ3n) is 6.02. The van der Waals surface area contributed by atoms with E-state index in [4.69, 9.17) is 10.5 Å². The fourth-order valence-electron chi connectivity index (χ4n) is 4.19. The summed E-state index contributed by atoms with van der Waals surface area (Å²) in [7, 11) is 5.29. The minimum absolute atomic E-state index is 0. The van der Waals surface area contributed by atoms with Crippen LogP contribution in [-0.4, -0.2) is 67.7 Å². The number of carboxylic acids is 1. The predicted octanol–water partition coefficient (Wildman–Crippen LogP) is 3.51. The average Bonchev–Trinajstić information content (AvgIpc) is 3.09. The van der Waals surface area contributed by atoms with E-state index in [1.165, 1.54) is 0 Å². The Bertz CT molecular complexity index is 1200. The molecule has 1 aliphatic rings. The topological polar surface area (TPSA) is 126 Å². The third kappa shape index (κ3) is 6.04. The number of hydrogen-bond acceptors (Lipinski definition) is 6. The van der Waals surface area contributed by atoms with E-state index in [1.54, 1.807) is 36.2 Å². The number of ketones is 1. The quantitative estimate of drug-likeness (QED) is 0.364. The summed E-state index contributed by atoms with van der Waals surface area (Å²) in [6.45, 7) is 6.21. The lowest BCUT2D eigenvalue weighted by atomic mass is 9.84. The van der Waals surface area contributed by atoms with Gasteiger partial charge in [0.2, 0.25) is 0 Å². The van der Waals surface area contributed by atoms with Crippen LogP contribution in [0, 0.1) is 5.41 Å². The number of Topliss-reactive ketones (excluding diaryl/α,β-unsaturated/α-hetero) is 1. The van der Waals surface area contributed by atoms with Crippen molar-refractivity contribution >= 4 is 51.9 Å². The highest BCUT2D eigenvalue weighted by Gasteiger charge is 2.29. The van der Waals surface area contributed by atoms with Gasteiger partial charge in [0.05, 0.1) is 12.1 Å². The number of carbonyl (C=O) groups is 3. The maximum absolute atomic E-state index is 13.2. The number of rotatable bonds is 8. The Hall–Kier alpha value is -3.40. The Balaban J connectivity index is 0.00000456. The number of carboxylic acid groups (broad SMARTS) is 1. The largest absolute Gasteiger partial charge is 0.480 e. The SMILES string of the molecule is Br.CNC(=O)c1cc2c(cc1N(C)C)CN(CC(=O)c1ccc(NCC(=O)O)c(C(C)(C)C)c1)C2=N. The number of halogens is 1. The first-order chi connectivity index (χ1) is 16.3. The second-order valence-electron chi connectivity index (χ2n) is 9.89. The maximum Gasteiger partial charge on any atom is 0.322 e. The molecule has 0 fully saturated rings. The lowest BCUT2D eigenvalue weighted by Crippen LogP contribution is -2.30. The standard InChI is InChI=1S/C26H33N5O4.BrH/c1-26(2,3)19-9-15(7-8-20(19)29-12-23(33)34)22(32)14-31-13-16-10-21(30(5)6)18(25(35)28-4)11-17(16)24(31)27;/h7-11,27,29H,12-14H2,1-6H3,(H,28,35)(H,33,34);1H. The normalized spacial score (nSPS) is 12.5. The van der Waals surface area contributed by atoms with Gasteiger partial charge in [-0.2, -0.15) is 0 Å². The molecule has 0 saturated heterocycles. The number of benzene rings is 2. The van der Waals surface area contributed by atoms with Gasteiger partial charge in [0.25, 0.3) is 5.91 Å². The van der Waals surface area contributed by atoms with Crippen molar-refractivity contribution in [2.45, 2.75) is 32.7 Å². The van der Waals surface area contributed by atoms with Gasteiger partial charge >= 0.3 is 5.97 Å². The van der Waals surface area contributed by atoms with E-state index >= 15 is 0 Å². The van der Waals surface area contributed by atoms with Gasteiger partial charge in [-0.05, 0) is 46.9 Å². The molecule has 194 valence electrons. The van der Waals surface area contributed by atoms with E-state index in [1.807, 2.05) is 45.8 Å². The lowest BCUT2D eigenvalue weighted by Gasteiger charge is -2.24. The highest BCUT2D eigenvalue weighted by molar-refractivity contribution is 8.93. The van der Waals surface area contributed by atoms with Gasteiger partial charge in [-0.15, -0.1) is 17.0 Å². The van der Waals surface area contributed by atoms with Crippen molar-refractivity contribution in [3.8, 4) is 0 Å². The minimum Gasteiger partial charge on any atom is -0.480 e. The predicted molar refractivity (Wildman–Crippen MR) is 147 cm³/mol. The minimum atomic E-state index is -0.964. The first-order valence-electron chi connectivity index (χ1n) is 11.4. The zero-order valence-corrected chi connectivity index (χ0v) is 23.2. The summed E-state index contributed by atoms with van der Waals surface area (Å²) >= 11 is 0. The zero-order valence-electron chi connectivity index (χ0n) is 21.5. The molecule has 36 heavy (non-hydrogen) atoms. The molecule has 1 aliphatic heterocycles. The van der Waals surface area contributed by atoms with E-state index in [2.05, 4.69) is 10.6 Å². The Morgan fingerprint density at radius 1 is 1.14 bits per heavy atom. The van der Waals surface area contributed by atoms with E-state index in [0.29, 0.717) is 28.9 Å². The molecule has 1 amide bonds. The van der Waals surface area contributed by atoms with E-state index in [0.717, 1.165) is 16.8 Å². The van der Waals surface area contributed by atoms with Crippen LogP contribution in [0.15, 0.2) is 30.3 Å². The number of amidine groups is 1. The Kier molecular flexibility index (Phi) is 8.90. The summed E-state index contributed by atoms with van der Waals surface area (Å²) in [6.07, 6.45) is 0. The molecule has 0 saturated carbocycles. The number of fused-ring (bicyclic) bond motifs is 1. The third-order valence-corrected chi connectivity index (χ3v) is 6.02. The van der Waals surface area contributed by atoms with Crippen LogP contribution < -0.4 is 15.5 Å². The molecule has 9 nitrogen and oxygen atoms in total. The molecule has 10 heteroatoms. The summed E-state index contributed by atoms with van der Waals surface area (Å²) < 4.78 is 0. The Morgan fingerprint density at radius 3 is 2.36 bits per heavy atom. The van der Waals surface area contributed by atoms with Crippen LogP contribution in [0.1, 0.15) is 58.2 Å². The maximum atomic E-state index is 13.2. The number of nitrogens with one attached hydrogen (secondary N) is 3. The van der Waals surface area contributed by atoms with Crippen LogP contribution in [0.25, 0.3) is 0 Å². The van der Waals surface area contributed by atoms with Crippen molar-refractivity contribution in [3.05, 3.63) is 58.1 Å². The van der Waals surface area contributed by atoms with Crippen molar-refractivity contribution in [1.82, 2.24) is 10.2 Å². The molecule has 3 rings (SSSR count). The molecular formula is C26H34BrN5O4. The lowest BCUT2D eigenvalue weighted by molar-refractivity contribution is -0.134. The van der Waals surface area contributed by atoms with Crippen LogP contribution in [0.2, 0.25) is 0 Å². The van der Waals surface area contributed by atoms with E-state index < -0.39 is 5.97 Å². The van der Waals surface area contributed by atoms with Crippen LogP contribution in [-0.2, 0) is 16.8 Å². The fraction of sp³-hybridized carbons (Fsp3) is 0.385. The molecule has 0 bridgehead atoms. The summed E-state index contributed by atoms with van der Waals surface area (Å²) in [6, 6.07) is 8.84. The van der Waals surface area contributed by atoms with Crippen LogP contribution in [0.5, 0.6) is 0 Å². The smallest absolute Gasteiger partial charge is 0.322 e. The highest BCUT2D eigenvalue weighted by Crippen LogP contribution is 2.32. The molecule has 4 N–H and O–H groups in total. The van der Waals surface area contributed by atoms with Gasteiger partial charge in [0, 0.05) is 50.2 Å². The second-order valence-corrected chi connectivity index (χ2v) is 9.89. The Labute approximate surface area is 222 Å². The van der Waals surface area contributed by atoms with Crippen molar-refractivity contribution in [2.75, 3.05) is 44.4 Å². The van der Waals surface area contributed by atoms with E-state index in [9.17, 15) is 14.4 Å². The van der Waals surface area contributed by atoms with Crippen molar-refractivity contribution in [1.29, 1.82) is 5.41 Å². The fourth-order valence-corrected chi connectivity index (χ4v) is 4.19. The zero-order chi connectivity index (χ0) is 26.1. The molecule has 0 unspecified atom stereocenters. The number of anilines is 2. The van der Waals surface area contributed by atoms with Gasteiger partial charge in [-0.3, -0.25) is 19.8 Å². The molecule has 0 aromatic heterocycles. The van der Waals surface area contributed by atoms with E-state index in [-0.39, 0.29) is 53.0 Å². The number of hydrogen-bond donors (Lipinski definition) is 4. The molecule has 0 aliphatic carbocycles. The van der Waals surface area contributed by atoms with Crippen LogP contribution in [0.3, 0.4) is 0 Å². The molecule has 0 spiro atoms. The molecular weight excluding hydrogens is 526 g/mol. The Morgan fingerprint density at radius 2 is 1.81 bits per heavy atom. The van der Waals surface area contributed by atoms with Crippen LogP contribution >= 0.6 is 17.0 Å². The summed E-state index contributed by atoms with van der Waals surface area (Å²) in [5.74, 6) is -1.13. The highest BCUT2D eigenvalue weighted by atomic mass is 79.9. The number of amides is 1. The van der Waals surface area contributed by atoms with Gasteiger partial charge in [-0.25, -0.2) is 0 Å². The average molecular weight is 560 g/mol. The molecule has 2 aromatic carbocycles. The summed E-state index contributed by atoms with van der Waals surface area (Å²) in [5.41, 5.74) is 4.47. The number of aliphatic carboxylic acids is 1. The molecule has 1 heterocycles. The van der Waals surface area contributed by atoms with Crippen molar-refractivity contribution in [3.63, 3.8) is 0 Å². The number of carbonyl (C=O) groups excluding carboxylic acids is 2. The summed E-state index contributed by atoms with van der Waals surface area (Å²) in [5, 5.41) is 23.2. The first-order valence-corrected chi connectivity index (χ1v) is 11.4. The second kappa shape index (κ2) is 11.1. The molecule has 2 aromatic rings. The number of nitrogens with zero attached hydrogens (tertiary/aromatic N) is 2. The van der Waals surface area contributed by atoms with Crippen molar-refractivity contribution < 1.29 is 19.5 Å². The van der Waals surface area contributed by atoms with Gasteiger partial charge in [0.15, 0.2) is 5.78 Å². The van der Waals surface area contributed by atoms with Gasteiger partial charge < -0.3 is 25.5 Å². The molecule has 0 radical (unpaired) electrons. The monoisotopic (exact) mass is 559 g/mol. The van der Waals surface area contributed by atoms with Gasteiger partial charge in [-0.1, -0.05) is 20.8 Å². The molecule has 0 atom stereocenters.